The number of urea groups is 1. The summed E-state index contributed by atoms with van der Waals surface area (Å²) in [6, 6.07) is 14.3. The number of likely N-dealkylation sites (N-methyl/N-ethyl adjacent to an activating group) is 1. The minimum atomic E-state index is -0.0106. The number of fused-ring (bicyclic) bond motifs is 1. The fraction of sp³-hybridized carbons (Fsp3) is 0.368. The first-order valence-electron chi connectivity index (χ1n) is 8.38. The lowest BCUT2D eigenvalue weighted by atomic mass is 10.1. The summed E-state index contributed by atoms with van der Waals surface area (Å²) in [7, 11) is 2.08. The van der Waals surface area contributed by atoms with E-state index in [1.165, 1.54) is 11.3 Å². The van der Waals surface area contributed by atoms with Crippen LogP contribution in [0.5, 0.6) is 0 Å². The molecule has 1 aliphatic heterocycles. The van der Waals surface area contributed by atoms with E-state index in [4.69, 9.17) is 0 Å². The molecule has 0 fully saturated rings. The Morgan fingerprint density at radius 3 is 2.83 bits per heavy atom. The Balaban J connectivity index is 1.63. The summed E-state index contributed by atoms with van der Waals surface area (Å²) in [5, 5.41) is 3.03. The maximum Gasteiger partial charge on any atom is 0.318 e. The van der Waals surface area contributed by atoms with Gasteiger partial charge in [0, 0.05) is 56.7 Å². The van der Waals surface area contributed by atoms with Crippen LogP contribution in [0.15, 0.2) is 48.7 Å². The number of aromatic nitrogens is 1. The fourth-order valence-electron chi connectivity index (χ4n) is 3.17. The Morgan fingerprint density at radius 1 is 1.25 bits per heavy atom. The van der Waals surface area contributed by atoms with Crippen LogP contribution < -0.4 is 10.2 Å². The van der Waals surface area contributed by atoms with Crippen LogP contribution in [0, 0.1) is 0 Å². The highest BCUT2D eigenvalue weighted by molar-refractivity contribution is 5.75. The number of anilines is 1. The van der Waals surface area contributed by atoms with Crippen LogP contribution >= 0.6 is 0 Å². The number of carbonyl (C=O) groups is 1. The van der Waals surface area contributed by atoms with Crippen LogP contribution in [0.4, 0.5) is 10.5 Å². The Kier molecular flexibility index (Phi) is 4.99. The van der Waals surface area contributed by atoms with Gasteiger partial charge in [-0.1, -0.05) is 24.3 Å². The molecule has 2 amide bonds. The van der Waals surface area contributed by atoms with Crippen molar-refractivity contribution in [2.45, 2.75) is 25.9 Å². The first kappa shape index (κ1) is 16.3. The van der Waals surface area contributed by atoms with Crippen molar-refractivity contribution in [3.63, 3.8) is 0 Å². The van der Waals surface area contributed by atoms with Crippen molar-refractivity contribution < 1.29 is 4.79 Å². The van der Waals surface area contributed by atoms with Gasteiger partial charge < -0.3 is 15.1 Å². The molecule has 2 heterocycles. The van der Waals surface area contributed by atoms with E-state index in [1.807, 2.05) is 35.2 Å². The van der Waals surface area contributed by atoms with Gasteiger partial charge in [-0.05, 0) is 30.7 Å². The molecule has 5 nitrogen and oxygen atoms in total. The minimum Gasteiger partial charge on any atom is -0.372 e. The lowest BCUT2D eigenvalue weighted by Crippen LogP contribution is -2.47. The van der Waals surface area contributed by atoms with E-state index in [9.17, 15) is 4.79 Å². The highest BCUT2D eigenvalue weighted by Crippen LogP contribution is 2.25. The van der Waals surface area contributed by atoms with Crippen LogP contribution in [0.1, 0.15) is 18.2 Å². The number of rotatable bonds is 3. The van der Waals surface area contributed by atoms with E-state index >= 15 is 0 Å². The molecule has 1 atom stereocenters. The molecule has 3 rings (SSSR count). The molecule has 5 heteroatoms. The van der Waals surface area contributed by atoms with E-state index < -0.39 is 0 Å². The van der Waals surface area contributed by atoms with Gasteiger partial charge in [-0.2, -0.15) is 0 Å². The summed E-state index contributed by atoms with van der Waals surface area (Å²) in [5.74, 6) is 0. The Labute approximate surface area is 143 Å². The molecule has 0 spiro atoms. The van der Waals surface area contributed by atoms with Crippen LogP contribution in [-0.2, 0) is 13.0 Å². The van der Waals surface area contributed by atoms with Crippen molar-refractivity contribution in [2.75, 3.05) is 25.0 Å². The second-order valence-corrected chi connectivity index (χ2v) is 6.29. The molecule has 1 aromatic heterocycles. The van der Waals surface area contributed by atoms with Gasteiger partial charge >= 0.3 is 6.03 Å². The number of para-hydroxylation sites is 1. The summed E-state index contributed by atoms with van der Waals surface area (Å²) in [4.78, 5) is 21.1. The molecule has 1 aliphatic rings. The van der Waals surface area contributed by atoms with Crippen LogP contribution in [0.2, 0.25) is 0 Å². The van der Waals surface area contributed by atoms with Crippen molar-refractivity contribution in [1.82, 2.24) is 15.2 Å². The molecule has 2 aromatic rings. The molecule has 0 saturated heterocycles. The van der Waals surface area contributed by atoms with Crippen LogP contribution in [0.3, 0.4) is 0 Å². The summed E-state index contributed by atoms with van der Waals surface area (Å²) in [6.45, 7) is 4.15. The Bertz CT molecular complexity index is 689. The first-order chi connectivity index (χ1) is 11.6. The van der Waals surface area contributed by atoms with E-state index in [0.717, 1.165) is 18.7 Å². The Hall–Kier alpha value is -2.56. The average Bonchev–Trinajstić information content (AvgIpc) is 2.72. The first-order valence-corrected chi connectivity index (χ1v) is 8.38. The molecule has 0 unspecified atom stereocenters. The smallest absolute Gasteiger partial charge is 0.318 e. The zero-order valence-corrected chi connectivity index (χ0v) is 14.3. The van der Waals surface area contributed by atoms with Gasteiger partial charge in [0.25, 0.3) is 0 Å². The SMILES string of the molecule is C[C@@H]1CN(C)c2ccccc2CN1C(=O)NCCc1ccccn1. The normalized spacial score (nSPS) is 17.2. The molecule has 24 heavy (non-hydrogen) atoms. The third-order valence-electron chi connectivity index (χ3n) is 4.46. The van der Waals surface area contributed by atoms with Gasteiger partial charge in [-0.25, -0.2) is 4.79 Å². The van der Waals surface area contributed by atoms with Gasteiger partial charge in [0.1, 0.15) is 0 Å². The van der Waals surface area contributed by atoms with Crippen molar-refractivity contribution >= 4 is 11.7 Å². The molecular weight excluding hydrogens is 300 g/mol. The van der Waals surface area contributed by atoms with Crippen LogP contribution in [-0.4, -0.2) is 42.1 Å². The summed E-state index contributed by atoms with van der Waals surface area (Å²) in [6.07, 6.45) is 2.52. The summed E-state index contributed by atoms with van der Waals surface area (Å²) >= 11 is 0. The topological polar surface area (TPSA) is 48.5 Å². The molecule has 0 bridgehead atoms. The zero-order valence-electron chi connectivity index (χ0n) is 14.3. The maximum atomic E-state index is 12.6. The fourth-order valence-corrected chi connectivity index (χ4v) is 3.17. The number of carbonyl (C=O) groups excluding carboxylic acids is 1. The highest BCUT2D eigenvalue weighted by atomic mass is 16.2. The molecule has 1 aromatic carbocycles. The lowest BCUT2D eigenvalue weighted by Gasteiger charge is -2.28. The predicted octanol–water partition coefficient (Wildman–Crippen LogP) is 2.67. The Morgan fingerprint density at radius 2 is 2.04 bits per heavy atom. The van der Waals surface area contributed by atoms with Gasteiger partial charge in [0.15, 0.2) is 0 Å². The number of hydrogen-bond acceptors (Lipinski definition) is 3. The maximum absolute atomic E-state index is 12.6. The number of hydrogen-bond donors (Lipinski definition) is 1. The van der Waals surface area contributed by atoms with Crippen molar-refractivity contribution in [3.8, 4) is 0 Å². The molecule has 1 N–H and O–H groups in total. The van der Waals surface area contributed by atoms with E-state index in [1.54, 1.807) is 6.20 Å². The van der Waals surface area contributed by atoms with Gasteiger partial charge in [0.2, 0.25) is 0 Å². The average molecular weight is 324 g/mol. The molecule has 0 saturated carbocycles. The van der Waals surface area contributed by atoms with Crippen molar-refractivity contribution in [3.05, 3.63) is 59.9 Å². The van der Waals surface area contributed by atoms with E-state index in [-0.39, 0.29) is 12.1 Å². The van der Waals surface area contributed by atoms with Crippen molar-refractivity contribution in [2.24, 2.45) is 0 Å². The summed E-state index contributed by atoms with van der Waals surface area (Å²) < 4.78 is 0. The van der Waals surface area contributed by atoms with E-state index in [2.05, 4.69) is 41.3 Å². The molecular formula is C19H24N4O. The largest absolute Gasteiger partial charge is 0.372 e. The number of pyridine rings is 1. The highest BCUT2D eigenvalue weighted by Gasteiger charge is 2.26. The van der Waals surface area contributed by atoms with Crippen molar-refractivity contribution in [1.29, 1.82) is 0 Å². The number of nitrogens with one attached hydrogen (secondary N) is 1. The predicted molar refractivity (Wildman–Crippen MR) is 96.1 cm³/mol. The molecule has 0 aliphatic carbocycles. The second kappa shape index (κ2) is 7.34. The van der Waals surface area contributed by atoms with Gasteiger partial charge in [-0.15, -0.1) is 0 Å². The third-order valence-corrected chi connectivity index (χ3v) is 4.46. The zero-order chi connectivity index (χ0) is 16.9. The van der Waals surface area contributed by atoms with Gasteiger partial charge in [0.05, 0.1) is 0 Å². The summed E-state index contributed by atoms with van der Waals surface area (Å²) in [5.41, 5.74) is 3.38. The molecule has 0 radical (unpaired) electrons. The third kappa shape index (κ3) is 3.67. The molecule has 126 valence electrons. The quantitative estimate of drug-likeness (QED) is 0.944. The monoisotopic (exact) mass is 324 g/mol. The van der Waals surface area contributed by atoms with Gasteiger partial charge in [-0.3, -0.25) is 4.98 Å². The van der Waals surface area contributed by atoms with E-state index in [0.29, 0.717) is 13.1 Å². The lowest BCUT2D eigenvalue weighted by molar-refractivity contribution is 0.178. The number of nitrogens with zero attached hydrogens (tertiary/aromatic N) is 3. The second-order valence-electron chi connectivity index (χ2n) is 6.29. The van der Waals surface area contributed by atoms with Crippen LogP contribution in [0.25, 0.3) is 0 Å². The minimum absolute atomic E-state index is 0.0106. The number of benzene rings is 1. The standard InChI is InChI=1S/C19H24N4O/c1-15-13-22(2)18-9-4-3-7-16(18)14-23(15)19(24)21-12-10-17-8-5-6-11-20-17/h3-9,11,15H,10,12-14H2,1-2H3,(H,21,24)/t15-/m1/s1. The number of amides is 2.